The predicted octanol–water partition coefficient (Wildman–Crippen LogP) is 3.64. The van der Waals surface area contributed by atoms with E-state index >= 15 is 0 Å². The van der Waals surface area contributed by atoms with Crippen molar-refractivity contribution in [3.63, 3.8) is 0 Å². The Morgan fingerprint density at radius 3 is 2.60 bits per heavy atom. The molecular formula is C12H14BrClO. The molecule has 1 unspecified atom stereocenters. The Kier molecular flexibility index (Phi) is 3.70. The lowest BCUT2D eigenvalue weighted by Gasteiger charge is -2.24. The lowest BCUT2D eigenvalue weighted by atomic mass is 9.83. The third kappa shape index (κ3) is 2.74. The largest absolute Gasteiger partial charge is 0.381 e. The molecule has 1 aromatic rings. The molecule has 0 amide bonds. The molecule has 1 aliphatic heterocycles. The molecule has 1 atom stereocenters. The quantitative estimate of drug-likeness (QED) is 0.772. The number of benzene rings is 1. The van der Waals surface area contributed by atoms with Crippen LogP contribution in [0, 0.1) is 5.41 Å². The highest BCUT2D eigenvalue weighted by Gasteiger charge is 2.34. The summed E-state index contributed by atoms with van der Waals surface area (Å²) in [6.45, 7) is 1.65. The average Bonchev–Trinajstić information content (AvgIpc) is 2.71. The second kappa shape index (κ2) is 4.86. The van der Waals surface area contributed by atoms with E-state index < -0.39 is 0 Å². The first-order valence-electron chi connectivity index (χ1n) is 5.12. The third-order valence-electron chi connectivity index (χ3n) is 2.96. The van der Waals surface area contributed by atoms with Crippen molar-refractivity contribution in [2.45, 2.75) is 12.8 Å². The highest BCUT2D eigenvalue weighted by Crippen LogP contribution is 2.34. The van der Waals surface area contributed by atoms with Crippen molar-refractivity contribution in [1.29, 1.82) is 0 Å². The lowest BCUT2D eigenvalue weighted by Crippen LogP contribution is -2.26. The zero-order valence-corrected chi connectivity index (χ0v) is 10.9. The molecule has 0 radical (unpaired) electrons. The Balaban J connectivity index is 2.09. The first-order chi connectivity index (χ1) is 7.24. The van der Waals surface area contributed by atoms with Gasteiger partial charge in [-0.25, -0.2) is 0 Å². The number of ether oxygens (including phenoxy) is 1. The van der Waals surface area contributed by atoms with Crippen LogP contribution in [-0.2, 0) is 11.2 Å². The summed E-state index contributed by atoms with van der Waals surface area (Å²) in [6, 6.07) is 8.45. The van der Waals surface area contributed by atoms with Crippen LogP contribution in [0.15, 0.2) is 28.7 Å². The number of rotatable bonds is 3. The first-order valence-corrected chi connectivity index (χ1v) is 6.45. The molecule has 3 heteroatoms. The van der Waals surface area contributed by atoms with Crippen molar-refractivity contribution in [2.75, 3.05) is 19.1 Å². The zero-order valence-electron chi connectivity index (χ0n) is 8.51. The molecule has 1 aliphatic rings. The Morgan fingerprint density at radius 1 is 1.33 bits per heavy atom. The summed E-state index contributed by atoms with van der Waals surface area (Å²) in [5, 5.41) is 0. The van der Waals surface area contributed by atoms with Crippen LogP contribution in [0.25, 0.3) is 0 Å². The van der Waals surface area contributed by atoms with Crippen molar-refractivity contribution in [3.8, 4) is 0 Å². The van der Waals surface area contributed by atoms with Crippen molar-refractivity contribution in [3.05, 3.63) is 34.3 Å². The molecule has 0 spiro atoms. The van der Waals surface area contributed by atoms with Gasteiger partial charge >= 0.3 is 0 Å². The van der Waals surface area contributed by atoms with Crippen LogP contribution < -0.4 is 0 Å². The van der Waals surface area contributed by atoms with Crippen LogP contribution in [0.4, 0.5) is 0 Å². The van der Waals surface area contributed by atoms with Crippen molar-refractivity contribution in [1.82, 2.24) is 0 Å². The number of hydrogen-bond acceptors (Lipinski definition) is 1. The van der Waals surface area contributed by atoms with E-state index in [1.807, 2.05) is 0 Å². The average molecular weight is 290 g/mol. The summed E-state index contributed by atoms with van der Waals surface area (Å²) in [5.74, 6) is 0.684. The van der Waals surface area contributed by atoms with Gasteiger partial charge in [-0.15, -0.1) is 11.6 Å². The second-order valence-electron chi connectivity index (χ2n) is 4.24. The monoisotopic (exact) mass is 288 g/mol. The molecule has 0 N–H and O–H groups in total. The van der Waals surface area contributed by atoms with Gasteiger partial charge in [-0.2, -0.15) is 0 Å². The standard InChI is InChI=1S/C12H14BrClO/c13-11-3-1-10(2-4-11)7-12(8-14)5-6-15-9-12/h1-4H,5-9H2. The van der Waals surface area contributed by atoms with Crippen LogP contribution in [0.2, 0.25) is 0 Å². The maximum atomic E-state index is 6.06. The highest BCUT2D eigenvalue weighted by atomic mass is 79.9. The Labute approximate surface area is 104 Å². The predicted molar refractivity (Wildman–Crippen MR) is 66.4 cm³/mol. The molecule has 0 aromatic heterocycles. The fourth-order valence-electron chi connectivity index (χ4n) is 1.98. The van der Waals surface area contributed by atoms with Gasteiger partial charge in [-0.1, -0.05) is 28.1 Å². The maximum Gasteiger partial charge on any atom is 0.0537 e. The minimum atomic E-state index is 0.162. The van der Waals surface area contributed by atoms with Crippen LogP contribution in [0.5, 0.6) is 0 Å². The summed E-state index contributed by atoms with van der Waals surface area (Å²) in [6.07, 6.45) is 2.09. The SMILES string of the molecule is ClCC1(Cc2ccc(Br)cc2)CCOC1. The van der Waals surface area contributed by atoms with Crippen LogP contribution in [0.1, 0.15) is 12.0 Å². The molecule has 1 fully saturated rings. The highest BCUT2D eigenvalue weighted by molar-refractivity contribution is 9.10. The summed E-state index contributed by atoms with van der Waals surface area (Å²) in [5.41, 5.74) is 1.50. The molecule has 1 nitrogen and oxygen atoms in total. The number of alkyl halides is 1. The molecule has 0 bridgehead atoms. The van der Waals surface area contributed by atoms with Gasteiger partial charge in [0, 0.05) is 22.4 Å². The van der Waals surface area contributed by atoms with Crippen molar-refractivity contribution >= 4 is 27.5 Å². The molecular weight excluding hydrogens is 275 g/mol. The second-order valence-corrected chi connectivity index (χ2v) is 5.42. The summed E-state index contributed by atoms with van der Waals surface area (Å²) in [4.78, 5) is 0. The van der Waals surface area contributed by atoms with Crippen molar-refractivity contribution < 1.29 is 4.74 Å². The van der Waals surface area contributed by atoms with Gasteiger partial charge < -0.3 is 4.74 Å². The maximum absolute atomic E-state index is 6.06. The Hall–Kier alpha value is -0.0500. The Bertz CT molecular complexity index is 317. The fraction of sp³-hybridized carbons (Fsp3) is 0.500. The van der Waals surface area contributed by atoms with E-state index in [4.69, 9.17) is 16.3 Å². The molecule has 0 aliphatic carbocycles. The van der Waals surface area contributed by atoms with E-state index in [0.29, 0.717) is 5.88 Å². The van der Waals surface area contributed by atoms with Crippen molar-refractivity contribution in [2.24, 2.45) is 5.41 Å². The summed E-state index contributed by atoms with van der Waals surface area (Å²) < 4.78 is 6.57. The summed E-state index contributed by atoms with van der Waals surface area (Å²) in [7, 11) is 0. The Morgan fingerprint density at radius 2 is 2.07 bits per heavy atom. The summed E-state index contributed by atoms with van der Waals surface area (Å²) >= 11 is 9.49. The smallest absolute Gasteiger partial charge is 0.0537 e. The van der Waals surface area contributed by atoms with Gasteiger partial charge in [0.25, 0.3) is 0 Å². The minimum absolute atomic E-state index is 0.162. The van der Waals surface area contributed by atoms with Gasteiger partial charge in [0.1, 0.15) is 0 Å². The molecule has 2 rings (SSSR count). The van der Waals surface area contributed by atoms with E-state index in [-0.39, 0.29) is 5.41 Å². The van der Waals surface area contributed by atoms with Gasteiger partial charge in [0.15, 0.2) is 0 Å². The minimum Gasteiger partial charge on any atom is -0.381 e. The topological polar surface area (TPSA) is 9.23 Å². The fourth-order valence-corrected chi connectivity index (χ4v) is 2.55. The number of hydrogen-bond donors (Lipinski definition) is 0. The van der Waals surface area contributed by atoms with Gasteiger partial charge in [-0.05, 0) is 30.5 Å². The van der Waals surface area contributed by atoms with Gasteiger partial charge in [0.05, 0.1) is 6.61 Å². The van der Waals surface area contributed by atoms with Gasteiger partial charge in [-0.3, -0.25) is 0 Å². The van der Waals surface area contributed by atoms with Crippen LogP contribution >= 0.6 is 27.5 Å². The molecule has 0 saturated carbocycles. The van der Waals surface area contributed by atoms with Gasteiger partial charge in [0.2, 0.25) is 0 Å². The van der Waals surface area contributed by atoms with E-state index in [9.17, 15) is 0 Å². The molecule has 82 valence electrons. The van der Waals surface area contributed by atoms with E-state index in [1.54, 1.807) is 0 Å². The van der Waals surface area contributed by atoms with Crippen LogP contribution in [0.3, 0.4) is 0 Å². The molecule has 1 aromatic carbocycles. The van der Waals surface area contributed by atoms with E-state index in [2.05, 4.69) is 40.2 Å². The molecule has 1 saturated heterocycles. The molecule has 15 heavy (non-hydrogen) atoms. The number of halogens is 2. The molecule has 1 heterocycles. The van der Waals surface area contributed by atoms with Crippen LogP contribution in [-0.4, -0.2) is 19.1 Å². The third-order valence-corrected chi connectivity index (χ3v) is 4.06. The first kappa shape index (κ1) is 11.4. The van der Waals surface area contributed by atoms with E-state index in [1.165, 1.54) is 5.56 Å². The zero-order chi connectivity index (χ0) is 10.7. The lowest BCUT2D eigenvalue weighted by molar-refractivity contribution is 0.161. The van der Waals surface area contributed by atoms with E-state index in [0.717, 1.165) is 30.5 Å². The normalized spacial score (nSPS) is 25.7.